The summed E-state index contributed by atoms with van der Waals surface area (Å²) in [5, 5.41) is 3.35. The quantitative estimate of drug-likeness (QED) is 0.859. The molecule has 24 heavy (non-hydrogen) atoms. The zero-order valence-electron chi connectivity index (χ0n) is 15.1. The van der Waals surface area contributed by atoms with E-state index in [1.54, 1.807) is 0 Å². The highest BCUT2D eigenvalue weighted by Crippen LogP contribution is 2.57. The third-order valence-electron chi connectivity index (χ3n) is 7.14. The van der Waals surface area contributed by atoms with Gasteiger partial charge in [-0.3, -0.25) is 0 Å². The first-order valence-corrected chi connectivity index (χ1v) is 10.1. The molecule has 2 atom stereocenters. The van der Waals surface area contributed by atoms with Gasteiger partial charge in [-0.15, -0.1) is 0 Å². The minimum absolute atomic E-state index is 0.168. The number of rotatable bonds is 4. The molecule has 4 rings (SSSR count). The predicted octanol–water partition coefficient (Wildman–Crippen LogP) is 2.60. The fourth-order valence-corrected chi connectivity index (χ4v) is 5.42. The summed E-state index contributed by atoms with van der Waals surface area (Å²) in [7, 11) is 0. The van der Waals surface area contributed by atoms with E-state index in [0.29, 0.717) is 18.2 Å². The third-order valence-corrected chi connectivity index (χ3v) is 7.14. The summed E-state index contributed by atoms with van der Waals surface area (Å²) in [4.78, 5) is 17.4. The Morgan fingerprint density at radius 2 is 1.83 bits per heavy atom. The molecule has 2 saturated heterocycles. The lowest BCUT2D eigenvalue weighted by atomic mass is 9.51. The molecule has 0 radical (unpaired) electrons. The van der Waals surface area contributed by atoms with Crippen LogP contribution in [-0.2, 0) is 4.74 Å². The Labute approximate surface area is 146 Å². The summed E-state index contributed by atoms with van der Waals surface area (Å²) in [6.45, 7) is 7.23. The Hall–Kier alpha value is -0.810. The van der Waals surface area contributed by atoms with Crippen LogP contribution in [0.5, 0.6) is 0 Å². The minimum Gasteiger partial charge on any atom is -0.378 e. The van der Waals surface area contributed by atoms with E-state index in [1.807, 2.05) is 4.90 Å². The molecule has 1 N–H and O–H groups in total. The van der Waals surface area contributed by atoms with Crippen LogP contribution in [0.4, 0.5) is 4.79 Å². The van der Waals surface area contributed by atoms with E-state index in [1.165, 1.54) is 45.2 Å². The topological polar surface area (TPSA) is 44.8 Å². The maximum absolute atomic E-state index is 12.7. The van der Waals surface area contributed by atoms with Crippen molar-refractivity contribution in [1.29, 1.82) is 0 Å². The van der Waals surface area contributed by atoms with Gasteiger partial charge in [0.1, 0.15) is 0 Å². The van der Waals surface area contributed by atoms with Gasteiger partial charge in [0, 0.05) is 37.2 Å². The second-order valence-electron chi connectivity index (χ2n) is 8.23. The lowest BCUT2D eigenvalue weighted by Crippen LogP contribution is -2.68. The van der Waals surface area contributed by atoms with Crippen molar-refractivity contribution in [1.82, 2.24) is 15.1 Å². The monoisotopic (exact) mass is 335 g/mol. The highest BCUT2D eigenvalue weighted by molar-refractivity contribution is 5.75. The zero-order valence-corrected chi connectivity index (χ0v) is 15.1. The van der Waals surface area contributed by atoms with Crippen LogP contribution in [0.1, 0.15) is 58.3 Å². The van der Waals surface area contributed by atoms with Crippen LogP contribution in [-0.4, -0.2) is 66.8 Å². The van der Waals surface area contributed by atoms with Gasteiger partial charge >= 0.3 is 6.03 Å². The van der Waals surface area contributed by atoms with Crippen molar-refractivity contribution in [2.75, 3.05) is 32.8 Å². The molecule has 136 valence electrons. The van der Waals surface area contributed by atoms with Gasteiger partial charge < -0.3 is 19.9 Å². The van der Waals surface area contributed by atoms with Crippen molar-refractivity contribution in [2.24, 2.45) is 5.41 Å². The Balaban J connectivity index is 1.25. The van der Waals surface area contributed by atoms with Gasteiger partial charge in [0.05, 0.1) is 6.10 Å². The summed E-state index contributed by atoms with van der Waals surface area (Å²) in [6.07, 6.45) is 10.1. The molecule has 4 fully saturated rings. The van der Waals surface area contributed by atoms with Crippen LogP contribution in [0, 0.1) is 5.41 Å². The normalized spacial score (nSPS) is 33.3. The highest BCUT2D eigenvalue weighted by Gasteiger charge is 2.59. The molecule has 0 bridgehead atoms. The Bertz CT molecular complexity index is 452. The lowest BCUT2D eigenvalue weighted by Gasteiger charge is -2.61. The molecule has 2 heterocycles. The van der Waals surface area contributed by atoms with Crippen molar-refractivity contribution in [3.05, 3.63) is 0 Å². The number of nitrogens with zero attached hydrogens (tertiary/aromatic N) is 2. The number of urea groups is 1. The minimum atomic E-state index is 0.168. The van der Waals surface area contributed by atoms with Crippen LogP contribution >= 0.6 is 0 Å². The molecular weight excluding hydrogens is 302 g/mol. The summed E-state index contributed by atoms with van der Waals surface area (Å²) >= 11 is 0. The molecule has 0 aromatic carbocycles. The number of likely N-dealkylation sites (tertiary alicyclic amines) is 2. The smallest absolute Gasteiger partial charge is 0.317 e. The summed E-state index contributed by atoms with van der Waals surface area (Å²) < 4.78 is 5.89. The Kier molecular flexibility index (Phi) is 4.74. The van der Waals surface area contributed by atoms with E-state index in [0.717, 1.165) is 39.0 Å². The average Bonchev–Trinajstić information content (AvgIpc) is 3.06. The first kappa shape index (κ1) is 16.6. The molecule has 5 nitrogen and oxygen atoms in total. The van der Waals surface area contributed by atoms with Gasteiger partial charge in [0.15, 0.2) is 0 Å². The highest BCUT2D eigenvalue weighted by atomic mass is 16.5. The number of amides is 2. The summed E-state index contributed by atoms with van der Waals surface area (Å²) in [5.41, 5.74) is 0.263. The second-order valence-corrected chi connectivity index (χ2v) is 8.23. The Morgan fingerprint density at radius 1 is 1.12 bits per heavy atom. The molecule has 2 amide bonds. The van der Waals surface area contributed by atoms with E-state index < -0.39 is 0 Å². The van der Waals surface area contributed by atoms with Gasteiger partial charge in [-0.25, -0.2) is 4.79 Å². The van der Waals surface area contributed by atoms with E-state index in [2.05, 4.69) is 17.1 Å². The number of piperidine rings is 1. The average molecular weight is 335 g/mol. The van der Waals surface area contributed by atoms with E-state index in [4.69, 9.17) is 4.74 Å². The first-order valence-electron chi connectivity index (χ1n) is 10.1. The van der Waals surface area contributed by atoms with Gasteiger partial charge in [-0.05, 0) is 65.0 Å². The molecule has 0 unspecified atom stereocenters. The molecule has 0 aromatic heterocycles. The largest absolute Gasteiger partial charge is 0.378 e. The molecular formula is C19H33N3O2. The van der Waals surface area contributed by atoms with Gasteiger partial charge in [0.2, 0.25) is 0 Å². The number of carbonyl (C=O) groups is 1. The Morgan fingerprint density at radius 3 is 2.42 bits per heavy atom. The van der Waals surface area contributed by atoms with Crippen molar-refractivity contribution >= 4 is 6.03 Å². The number of hydrogen-bond acceptors (Lipinski definition) is 3. The zero-order chi connectivity index (χ0) is 16.6. The van der Waals surface area contributed by atoms with Crippen LogP contribution < -0.4 is 5.32 Å². The van der Waals surface area contributed by atoms with Crippen molar-refractivity contribution in [2.45, 2.75) is 76.5 Å². The maximum Gasteiger partial charge on any atom is 0.317 e. The molecule has 1 spiro atoms. The second kappa shape index (κ2) is 6.83. The standard InChI is InChI=1S/C19H33N3O2/c1-2-24-17-14-16(19(17)8-5-9-19)20-18(23)22-12-6-15(7-13-22)21-10-3-4-11-21/h15-17H,2-14H2,1H3,(H,20,23)/t16-,17+/m1/s1. The number of nitrogens with one attached hydrogen (secondary N) is 1. The molecule has 2 saturated carbocycles. The van der Waals surface area contributed by atoms with Crippen molar-refractivity contribution < 1.29 is 9.53 Å². The van der Waals surface area contributed by atoms with Crippen LogP contribution in [0.3, 0.4) is 0 Å². The van der Waals surface area contributed by atoms with E-state index in [-0.39, 0.29) is 11.4 Å². The fraction of sp³-hybridized carbons (Fsp3) is 0.947. The van der Waals surface area contributed by atoms with Gasteiger partial charge in [-0.2, -0.15) is 0 Å². The summed E-state index contributed by atoms with van der Waals surface area (Å²) in [6, 6.07) is 1.22. The SMILES string of the molecule is CCO[C@H]1C[C@@H](NC(=O)N2CCC(N3CCCC3)CC2)C12CCC2. The fourth-order valence-electron chi connectivity index (χ4n) is 5.42. The van der Waals surface area contributed by atoms with Crippen molar-refractivity contribution in [3.63, 3.8) is 0 Å². The van der Waals surface area contributed by atoms with Crippen LogP contribution in [0.25, 0.3) is 0 Å². The van der Waals surface area contributed by atoms with Crippen LogP contribution in [0.15, 0.2) is 0 Å². The van der Waals surface area contributed by atoms with Crippen molar-refractivity contribution in [3.8, 4) is 0 Å². The molecule has 0 aromatic rings. The predicted molar refractivity (Wildman–Crippen MR) is 94.0 cm³/mol. The lowest BCUT2D eigenvalue weighted by molar-refractivity contribution is -0.170. The van der Waals surface area contributed by atoms with E-state index >= 15 is 0 Å². The number of hydrogen-bond donors (Lipinski definition) is 1. The van der Waals surface area contributed by atoms with Crippen LogP contribution in [0.2, 0.25) is 0 Å². The van der Waals surface area contributed by atoms with E-state index in [9.17, 15) is 4.79 Å². The summed E-state index contributed by atoms with van der Waals surface area (Å²) in [5.74, 6) is 0. The third kappa shape index (κ3) is 2.84. The maximum atomic E-state index is 12.7. The molecule has 2 aliphatic heterocycles. The van der Waals surface area contributed by atoms with Gasteiger partial charge in [-0.1, -0.05) is 6.42 Å². The number of carbonyl (C=O) groups excluding carboxylic acids is 1. The molecule has 5 heteroatoms. The molecule has 4 aliphatic rings. The first-order chi connectivity index (χ1) is 11.7. The molecule has 2 aliphatic carbocycles. The van der Waals surface area contributed by atoms with Gasteiger partial charge in [0.25, 0.3) is 0 Å². The number of ether oxygens (including phenoxy) is 1.